The largest absolute Gasteiger partial charge is 0.469 e. The highest BCUT2D eigenvalue weighted by atomic mass is 32.2. The molecule has 0 saturated carbocycles. The van der Waals surface area contributed by atoms with E-state index in [1.807, 2.05) is 13.0 Å². The summed E-state index contributed by atoms with van der Waals surface area (Å²) in [6.07, 6.45) is 2.83. The van der Waals surface area contributed by atoms with Crippen LogP contribution in [0.3, 0.4) is 0 Å². The number of rotatable bonds is 7. The predicted molar refractivity (Wildman–Crippen MR) is 81.4 cm³/mol. The van der Waals surface area contributed by atoms with Crippen LogP contribution in [0.5, 0.6) is 0 Å². The van der Waals surface area contributed by atoms with Gasteiger partial charge in [-0.3, -0.25) is 0 Å². The second-order valence-corrected chi connectivity index (χ2v) is 6.70. The van der Waals surface area contributed by atoms with Gasteiger partial charge in [0.05, 0.1) is 11.2 Å². The topological polar surface area (TPSA) is 85.3 Å². The van der Waals surface area contributed by atoms with Crippen LogP contribution in [-0.2, 0) is 22.9 Å². The molecule has 0 saturated heterocycles. The van der Waals surface area contributed by atoms with Crippen LogP contribution in [0.4, 0.5) is 0 Å². The quantitative estimate of drug-likeness (QED) is 0.815. The fourth-order valence-corrected chi connectivity index (χ4v) is 3.35. The minimum Gasteiger partial charge on any atom is -0.469 e. The number of hydrogen-bond donors (Lipinski definition) is 2. The van der Waals surface area contributed by atoms with E-state index >= 15 is 0 Å². The van der Waals surface area contributed by atoms with Gasteiger partial charge in [-0.05, 0) is 49.7 Å². The van der Waals surface area contributed by atoms with Gasteiger partial charge in [-0.1, -0.05) is 12.1 Å². The number of nitrogens with two attached hydrogens (primary N) is 1. The van der Waals surface area contributed by atoms with E-state index in [4.69, 9.17) is 10.2 Å². The van der Waals surface area contributed by atoms with Gasteiger partial charge >= 0.3 is 0 Å². The van der Waals surface area contributed by atoms with Crippen molar-refractivity contribution >= 4 is 10.0 Å². The fraction of sp³-hybridized carbons (Fsp3) is 0.333. The molecule has 114 valence electrons. The average Bonchev–Trinajstić information content (AvgIpc) is 2.92. The highest BCUT2D eigenvalue weighted by Crippen LogP contribution is 2.12. The molecule has 1 atom stereocenters. The van der Waals surface area contributed by atoms with Crippen molar-refractivity contribution in [3.05, 3.63) is 54.0 Å². The van der Waals surface area contributed by atoms with Gasteiger partial charge in [-0.15, -0.1) is 0 Å². The maximum Gasteiger partial charge on any atom is 0.240 e. The molecule has 2 rings (SSSR count). The molecular formula is C15H20N2O3S. The van der Waals surface area contributed by atoms with Gasteiger partial charge < -0.3 is 10.2 Å². The van der Waals surface area contributed by atoms with Crippen molar-refractivity contribution in [2.75, 3.05) is 6.54 Å². The molecule has 0 radical (unpaired) electrons. The summed E-state index contributed by atoms with van der Waals surface area (Å²) in [7, 11) is -3.52. The van der Waals surface area contributed by atoms with E-state index in [-0.39, 0.29) is 10.9 Å². The van der Waals surface area contributed by atoms with Crippen LogP contribution in [0, 0.1) is 0 Å². The van der Waals surface area contributed by atoms with Crippen LogP contribution in [0.2, 0.25) is 0 Å². The van der Waals surface area contributed by atoms with E-state index in [0.717, 1.165) is 17.7 Å². The summed E-state index contributed by atoms with van der Waals surface area (Å²) >= 11 is 0. The first-order valence-corrected chi connectivity index (χ1v) is 8.33. The Labute approximate surface area is 125 Å². The normalized spacial score (nSPS) is 13.2. The van der Waals surface area contributed by atoms with Gasteiger partial charge in [0.2, 0.25) is 10.0 Å². The van der Waals surface area contributed by atoms with Crippen LogP contribution >= 0.6 is 0 Å². The van der Waals surface area contributed by atoms with Crippen LogP contribution < -0.4 is 10.5 Å². The Morgan fingerprint density at radius 1 is 1.24 bits per heavy atom. The zero-order valence-electron chi connectivity index (χ0n) is 12.0. The molecule has 0 bridgehead atoms. The van der Waals surface area contributed by atoms with Crippen molar-refractivity contribution in [1.82, 2.24) is 4.72 Å². The molecule has 5 nitrogen and oxygen atoms in total. The van der Waals surface area contributed by atoms with E-state index in [1.54, 1.807) is 36.6 Å². The first-order chi connectivity index (χ1) is 10.0. The maximum atomic E-state index is 12.3. The molecular weight excluding hydrogens is 288 g/mol. The summed E-state index contributed by atoms with van der Waals surface area (Å²) < 4.78 is 32.4. The van der Waals surface area contributed by atoms with Gasteiger partial charge in [0.25, 0.3) is 0 Å². The number of nitrogens with one attached hydrogen (secondary N) is 1. The van der Waals surface area contributed by atoms with Crippen LogP contribution in [0.25, 0.3) is 0 Å². The zero-order valence-corrected chi connectivity index (χ0v) is 12.8. The van der Waals surface area contributed by atoms with Crippen LogP contribution in [0.1, 0.15) is 18.2 Å². The van der Waals surface area contributed by atoms with E-state index < -0.39 is 10.0 Å². The number of furan rings is 1. The van der Waals surface area contributed by atoms with Gasteiger partial charge in [-0.2, -0.15) is 0 Å². The molecule has 0 spiro atoms. The summed E-state index contributed by atoms with van der Waals surface area (Å²) in [5.74, 6) is 0.753. The Morgan fingerprint density at radius 3 is 2.52 bits per heavy atom. The van der Waals surface area contributed by atoms with Crippen molar-refractivity contribution < 1.29 is 12.8 Å². The average molecular weight is 308 g/mol. The van der Waals surface area contributed by atoms with E-state index in [9.17, 15) is 8.42 Å². The summed E-state index contributed by atoms with van der Waals surface area (Å²) in [6, 6.07) is 10.2. The Hall–Kier alpha value is -1.63. The summed E-state index contributed by atoms with van der Waals surface area (Å²) in [4.78, 5) is 0.259. The third-order valence-corrected chi connectivity index (χ3v) is 4.72. The lowest BCUT2D eigenvalue weighted by Gasteiger charge is -2.13. The van der Waals surface area contributed by atoms with E-state index in [0.29, 0.717) is 13.0 Å². The van der Waals surface area contributed by atoms with Gasteiger partial charge in [0.15, 0.2) is 0 Å². The summed E-state index contributed by atoms with van der Waals surface area (Å²) in [5.41, 5.74) is 6.50. The first-order valence-electron chi connectivity index (χ1n) is 6.85. The van der Waals surface area contributed by atoms with Crippen molar-refractivity contribution in [1.29, 1.82) is 0 Å². The SMILES string of the molecule is CC(Cc1ccco1)NS(=O)(=O)c1ccc(CCN)cc1. The number of benzene rings is 1. The molecule has 0 aliphatic carbocycles. The van der Waals surface area contributed by atoms with Gasteiger partial charge in [0.1, 0.15) is 5.76 Å². The molecule has 1 aromatic heterocycles. The lowest BCUT2D eigenvalue weighted by atomic mass is 10.2. The Balaban J connectivity index is 2.03. The monoisotopic (exact) mass is 308 g/mol. The molecule has 21 heavy (non-hydrogen) atoms. The third kappa shape index (κ3) is 4.42. The van der Waals surface area contributed by atoms with E-state index in [2.05, 4.69) is 4.72 Å². The Morgan fingerprint density at radius 2 is 1.95 bits per heavy atom. The summed E-state index contributed by atoms with van der Waals surface area (Å²) in [6.45, 7) is 2.35. The lowest BCUT2D eigenvalue weighted by molar-refractivity contribution is 0.479. The molecule has 1 aromatic carbocycles. The Bertz CT molecular complexity index is 649. The standard InChI is InChI=1S/C15H20N2O3S/c1-12(11-14-3-2-10-20-14)17-21(18,19)15-6-4-13(5-7-15)8-9-16/h2-7,10,12,17H,8-9,11,16H2,1H3. The highest BCUT2D eigenvalue weighted by Gasteiger charge is 2.18. The molecule has 1 heterocycles. The van der Waals surface area contributed by atoms with Gasteiger partial charge in [-0.25, -0.2) is 13.1 Å². The van der Waals surface area contributed by atoms with Crippen molar-refractivity contribution in [2.45, 2.75) is 30.7 Å². The van der Waals surface area contributed by atoms with E-state index in [1.165, 1.54) is 0 Å². The van der Waals surface area contributed by atoms with Crippen molar-refractivity contribution in [2.24, 2.45) is 5.73 Å². The van der Waals surface area contributed by atoms with Crippen LogP contribution in [-0.4, -0.2) is 21.0 Å². The molecule has 6 heteroatoms. The number of hydrogen-bond acceptors (Lipinski definition) is 4. The smallest absolute Gasteiger partial charge is 0.240 e. The second-order valence-electron chi connectivity index (χ2n) is 4.99. The second kappa shape index (κ2) is 6.89. The molecule has 0 fully saturated rings. The predicted octanol–water partition coefficient (Wildman–Crippen LogP) is 1.69. The summed E-state index contributed by atoms with van der Waals surface area (Å²) in [5, 5.41) is 0. The minimum absolute atomic E-state index is 0.245. The molecule has 0 amide bonds. The Kier molecular flexibility index (Phi) is 5.17. The first kappa shape index (κ1) is 15.8. The van der Waals surface area contributed by atoms with Crippen molar-refractivity contribution in [3.8, 4) is 0 Å². The fourth-order valence-electron chi connectivity index (χ4n) is 2.11. The van der Waals surface area contributed by atoms with Crippen LogP contribution in [0.15, 0.2) is 52.0 Å². The number of sulfonamides is 1. The lowest BCUT2D eigenvalue weighted by Crippen LogP contribution is -2.34. The molecule has 0 aliphatic rings. The van der Waals surface area contributed by atoms with Gasteiger partial charge in [0, 0.05) is 12.5 Å². The van der Waals surface area contributed by atoms with Crippen molar-refractivity contribution in [3.63, 3.8) is 0 Å². The third-order valence-electron chi connectivity index (χ3n) is 3.11. The molecule has 1 unspecified atom stereocenters. The zero-order chi connectivity index (χ0) is 15.3. The highest BCUT2D eigenvalue weighted by molar-refractivity contribution is 7.89. The molecule has 3 N–H and O–H groups in total. The molecule has 2 aromatic rings. The molecule has 0 aliphatic heterocycles. The maximum absolute atomic E-state index is 12.3. The minimum atomic E-state index is -3.52.